The van der Waals surface area contributed by atoms with Gasteiger partial charge >= 0.3 is 5.97 Å². The molecule has 0 spiro atoms. The van der Waals surface area contributed by atoms with Gasteiger partial charge in [0, 0.05) is 19.2 Å². The van der Waals surface area contributed by atoms with E-state index in [4.69, 9.17) is 4.74 Å². The third-order valence-electron chi connectivity index (χ3n) is 1.14. The van der Waals surface area contributed by atoms with Gasteiger partial charge in [-0.25, -0.2) is 4.98 Å². The molecule has 0 unspecified atom stereocenters. The highest BCUT2D eigenvalue weighted by Crippen LogP contribution is 2.07. The van der Waals surface area contributed by atoms with Gasteiger partial charge in [-0.1, -0.05) is 0 Å². The molecule has 0 saturated heterocycles. The summed E-state index contributed by atoms with van der Waals surface area (Å²) in [5, 5.41) is 0. The topological polar surface area (TPSA) is 39.2 Å². The van der Waals surface area contributed by atoms with Gasteiger partial charge in [-0.3, -0.25) is 4.79 Å². The average molecular weight is 151 g/mol. The molecule has 3 heteroatoms. The summed E-state index contributed by atoms with van der Waals surface area (Å²) in [5.41, 5.74) is 1.02. The molecular formula is C8H9NO2. The van der Waals surface area contributed by atoms with E-state index < -0.39 is 0 Å². The van der Waals surface area contributed by atoms with Crippen molar-refractivity contribution in [2.45, 2.75) is 13.8 Å². The quantitative estimate of drug-likeness (QED) is 0.568. The van der Waals surface area contributed by atoms with E-state index in [-0.39, 0.29) is 5.97 Å². The van der Waals surface area contributed by atoms with Crippen molar-refractivity contribution in [2.24, 2.45) is 0 Å². The third-order valence-corrected chi connectivity index (χ3v) is 1.14. The van der Waals surface area contributed by atoms with Crippen LogP contribution in [0.1, 0.15) is 12.5 Å². The molecule has 0 aliphatic carbocycles. The molecule has 0 aliphatic heterocycles. The fraction of sp³-hybridized carbons (Fsp3) is 0.250. The van der Waals surface area contributed by atoms with Crippen LogP contribution in [0.2, 0.25) is 0 Å². The van der Waals surface area contributed by atoms with Crippen molar-refractivity contribution in [2.75, 3.05) is 0 Å². The zero-order valence-electron chi connectivity index (χ0n) is 6.50. The van der Waals surface area contributed by atoms with E-state index in [1.165, 1.54) is 6.92 Å². The number of pyridine rings is 1. The van der Waals surface area contributed by atoms with Crippen molar-refractivity contribution in [3.05, 3.63) is 23.9 Å². The van der Waals surface area contributed by atoms with Gasteiger partial charge in [0.15, 0.2) is 0 Å². The molecule has 1 aromatic rings. The van der Waals surface area contributed by atoms with Crippen LogP contribution in [0.15, 0.2) is 18.3 Å². The smallest absolute Gasteiger partial charge is 0.309 e. The van der Waals surface area contributed by atoms with E-state index in [0.717, 1.165) is 5.56 Å². The van der Waals surface area contributed by atoms with E-state index in [1.807, 2.05) is 13.0 Å². The Morgan fingerprint density at radius 1 is 1.64 bits per heavy atom. The minimum absolute atomic E-state index is 0.344. The average Bonchev–Trinajstić information content (AvgIpc) is 1.85. The number of hydrogen-bond acceptors (Lipinski definition) is 3. The van der Waals surface area contributed by atoms with Crippen LogP contribution in [0.4, 0.5) is 0 Å². The SMILES string of the molecule is CC(=O)Oc1cc(C)ccn1. The number of rotatable bonds is 1. The van der Waals surface area contributed by atoms with Crippen molar-refractivity contribution in [3.63, 3.8) is 0 Å². The van der Waals surface area contributed by atoms with Gasteiger partial charge in [0.1, 0.15) is 0 Å². The Morgan fingerprint density at radius 3 is 2.91 bits per heavy atom. The first-order valence-corrected chi connectivity index (χ1v) is 3.29. The highest BCUT2D eigenvalue weighted by Gasteiger charge is 1.97. The van der Waals surface area contributed by atoms with Crippen LogP contribution >= 0.6 is 0 Å². The minimum atomic E-state index is -0.344. The highest BCUT2D eigenvalue weighted by molar-refractivity contribution is 5.68. The summed E-state index contributed by atoms with van der Waals surface area (Å²) in [4.78, 5) is 14.3. The lowest BCUT2D eigenvalue weighted by molar-refractivity contribution is -0.132. The fourth-order valence-electron chi connectivity index (χ4n) is 0.712. The van der Waals surface area contributed by atoms with E-state index in [0.29, 0.717) is 5.88 Å². The van der Waals surface area contributed by atoms with Gasteiger partial charge in [0.2, 0.25) is 5.88 Å². The summed E-state index contributed by atoms with van der Waals surface area (Å²) >= 11 is 0. The molecule has 0 bridgehead atoms. The molecule has 0 N–H and O–H groups in total. The largest absolute Gasteiger partial charge is 0.408 e. The lowest BCUT2D eigenvalue weighted by Gasteiger charge is -1.98. The number of carbonyl (C=O) groups is 1. The molecule has 3 nitrogen and oxygen atoms in total. The zero-order valence-corrected chi connectivity index (χ0v) is 6.50. The molecule has 1 aromatic heterocycles. The van der Waals surface area contributed by atoms with E-state index in [9.17, 15) is 4.79 Å². The maximum absolute atomic E-state index is 10.5. The monoisotopic (exact) mass is 151 g/mol. The molecule has 58 valence electrons. The van der Waals surface area contributed by atoms with Gasteiger partial charge in [-0.2, -0.15) is 0 Å². The Bertz CT molecular complexity index is 271. The summed E-state index contributed by atoms with van der Waals surface area (Å²) in [6.45, 7) is 3.26. The molecule has 0 aliphatic rings. The summed E-state index contributed by atoms with van der Waals surface area (Å²) in [5.74, 6) is 0.0144. The molecule has 1 rings (SSSR count). The van der Waals surface area contributed by atoms with Crippen molar-refractivity contribution in [1.82, 2.24) is 4.98 Å². The predicted octanol–water partition coefficient (Wildman–Crippen LogP) is 1.32. The van der Waals surface area contributed by atoms with Crippen molar-refractivity contribution in [3.8, 4) is 5.88 Å². The molecule has 0 amide bonds. The molecule has 0 atom stereocenters. The van der Waals surface area contributed by atoms with Gasteiger partial charge < -0.3 is 4.74 Å². The van der Waals surface area contributed by atoms with Crippen LogP contribution < -0.4 is 4.74 Å². The van der Waals surface area contributed by atoms with Crippen LogP contribution in [0.3, 0.4) is 0 Å². The number of carbonyl (C=O) groups excluding carboxylic acids is 1. The van der Waals surface area contributed by atoms with Gasteiger partial charge in [-0.15, -0.1) is 0 Å². The standard InChI is InChI=1S/C8H9NO2/c1-6-3-4-9-8(5-6)11-7(2)10/h3-5H,1-2H3. The second kappa shape index (κ2) is 3.14. The van der Waals surface area contributed by atoms with Crippen molar-refractivity contribution >= 4 is 5.97 Å². The Labute approximate surface area is 65.0 Å². The highest BCUT2D eigenvalue weighted by atomic mass is 16.5. The third kappa shape index (κ3) is 2.37. The lowest BCUT2D eigenvalue weighted by Crippen LogP contribution is -2.02. The van der Waals surface area contributed by atoms with E-state index in [1.54, 1.807) is 12.3 Å². The van der Waals surface area contributed by atoms with Gasteiger partial charge in [0.05, 0.1) is 0 Å². The Hall–Kier alpha value is -1.38. The van der Waals surface area contributed by atoms with Crippen LogP contribution in [-0.2, 0) is 4.79 Å². The summed E-state index contributed by atoms with van der Waals surface area (Å²) in [6, 6.07) is 3.55. The second-order valence-electron chi connectivity index (χ2n) is 2.27. The molecule has 1 heterocycles. The number of ether oxygens (including phenoxy) is 1. The molecule has 0 fully saturated rings. The van der Waals surface area contributed by atoms with Gasteiger partial charge in [0.25, 0.3) is 0 Å². The second-order valence-corrected chi connectivity index (χ2v) is 2.27. The van der Waals surface area contributed by atoms with Crippen LogP contribution in [-0.4, -0.2) is 11.0 Å². The number of nitrogens with zero attached hydrogens (tertiary/aromatic N) is 1. The van der Waals surface area contributed by atoms with Crippen LogP contribution in [0.25, 0.3) is 0 Å². The summed E-state index contributed by atoms with van der Waals surface area (Å²) < 4.78 is 4.74. The first-order valence-electron chi connectivity index (χ1n) is 3.29. The lowest BCUT2D eigenvalue weighted by atomic mass is 10.3. The van der Waals surface area contributed by atoms with E-state index >= 15 is 0 Å². The number of aromatic nitrogens is 1. The van der Waals surface area contributed by atoms with Crippen molar-refractivity contribution < 1.29 is 9.53 Å². The molecule has 0 radical (unpaired) electrons. The predicted molar refractivity (Wildman–Crippen MR) is 40.3 cm³/mol. The Morgan fingerprint density at radius 2 is 2.36 bits per heavy atom. The van der Waals surface area contributed by atoms with Crippen molar-refractivity contribution in [1.29, 1.82) is 0 Å². The molecular weight excluding hydrogens is 142 g/mol. The number of hydrogen-bond donors (Lipinski definition) is 0. The van der Waals surface area contributed by atoms with E-state index in [2.05, 4.69) is 4.98 Å². The summed E-state index contributed by atoms with van der Waals surface area (Å²) in [7, 11) is 0. The maximum Gasteiger partial charge on any atom is 0.309 e. The summed E-state index contributed by atoms with van der Waals surface area (Å²) in [6.07, 6.45) is 1.60. The molecule has 0 saturated carbocycles. The Balaban J connectivity index is 2.79. The molecule has 11 heavy (non-hydrogen) atoms. The number of esters is 1. The van der Waals surface area contributed by atoms with Crippen LogP contribution in [0.5, 0.6) is 5.88 Å². The number of aryl methyl sites for hydroxylation is 1. The van der Waals surface area contributed by atoms with Crippen LogP contribution in [0, 0.1) is 6.92 Å². The fourth-order valence-corrected chi connectivity index (χ4v) is 0.712. The maximum atomic E-state index is 10.5. The molecule has 0 aromatic carbocycles. The zero-order chi connectivity index (χ0) is 8.27. The first-order chi connectivity index (χ1) is 5.18. The minimum Gasteiger partial charge on any atom is -0.408 e. The first kappa shape index (κ1) is 7.72. The normalized spacial score (nSPS) is 9.27. The van der Waals surface area contributed by atoms with Gasteiger partial charge in [-0.05, 0) is 18.6 Å². The Kier molecular flexibility index (Phi) is 2.21.